The average molecular weight is 304 g/mol. The van der Waals surface area contributed by atoms with Gasteiger partial charge in [0.2, 0.25) is 0 Å². The number of nitrogens with zero attached hydrogens (tertiary/aromatic N) is 2. The monoisotopic (exact) mass is 303 g/mol. The Morgan fingerprint density at radius 3 is 2.45 bits per heavy atom. The van der Waals surface area contributed by atoms with E-state index in [1.54, 1.807) is 18.3 Å². The van der Waals surface area contributed by atoms with Crippen molar-refractivity contribution < 1.29 is 0 Å². The highest BCUT2D eigenvalue weighted by Crippen LogP contribution is 2.09. The number of halogens is 1. The topological polar surface area (TPSA) is 27.6 Å². The van der Waals surface area contributed by atoms with Crippen molar-refractivity contribution in [2.45, 2.75) is 0 Å². The van der Waals surface area contributed by atoms with E-state index in [0.29, 0.717) is 10.1 Å². The molecule has 0 fully saturated rings. The summed E-state index contributed by atoms with van der Waals surface area (Å²) in [5, 5.41) is 10.2. The van der Waals surface area contributed by atoms with E-state index in [1.165, 1.54) is 0 Å². The van der Waals surface area contributed by atoms with Gasteiger partial charge in [0, 0.05) is 17.8 Å². The van der Waals surface area contributed by atoms with Crippen LogP contribution in [0.2, 0.25) is 5.02 Å². The van der Waals surface area contributed by atoms with Gasteiger partial charge in [-0.05, 0) is 42.0 Å². The molecule has 0 aliphatic heterocycles. The first-order chi connectivity index (χ1) is 9.65. The van der Waals surface area contributed by atoms with Crippen molar-refractivity contribution in [2.24, 2.45) is 5.10 Å². The summed E-state index contributed by atoms with van der Waals surface area (Å²) < 4.78 is 0. The molecule has 3 nitrogen and oxygen atoms in total. The third kappa shape index (κ3) is 4.33. The van der Waals surface area contributed by atoms with Gasteiger partial charge in [0.05, 0.1) is 6.21 Å². The van der Waals surface area contributed by atoms with E-state index in [1.807, 2.05) is 54.6 Å². The van der Waals surface area contributed by atoms with Crippen LogP contribution in [0.4, 0.5) is 5.69 Å². The minimum absolute atomic E-state index is 0.529. The maximum absolute atomic E-state index is 5.83. The van der Waals surface area contributed by atoms with E-state index in [2.05, 4.69) is 10.4 Å². The summed E-state index contributed by atoms with van der Waals surface area (Å²) in [5.41, 5.74) is 1.90. The highest BCUT2D eigenvalue weighted by Gasteiger charge is 2.01. The molecule has 5 heteroatoms. The predicted molar refractivity (Wildman–Crippen MR) is 89.5 cm³/mol. The van der Waals surface area contributed by atoms with Gasteiger partial charge in [0.1, 0.15) is 0 Å². The van der Waals surface area contributed by atoms with Crippen molar-refractivity contribution in [3.05, 3.63) is 65.2 Å². The lowest BCUT2D eigenvalue weighted by atomic mass is 10.2. The SMILES string of the molecule is CN(N=Cc1ccc(Cl)cc1)C(=S)Nc1ccccc1. The van der Waals surface area contributed by atoms with Gasteiger partial charge in [0.15, 0.2) is 5.11 Å². The summed E-state index contributed by atoms with van der Waals surface area (Å²) in [5.74, 6) is 0. The number of rotatable bonds is 3. The lowest BCUT2D eigenvalue weighted by Gasteiger charge is -2.15. The van der Waals surface area contributed by atoms with E-state index < -0.39 is 0 Å². The van der Waals surface area contributed by atoms with E-state index in [9.17, 15) is 0 Å². The van der Waals surface area contributed by atoms with Gasteiger partial charge in [-0.1, -0.05) is 41.9 Å². The highest BCUT2D eigenvalue weighted by molar-refractivity contribution is 7.80. The zero-order valence-electron chi connectivity index (χ0n) is 11.0. The third-order valence-corrected chi connectivity index (χ3v) is 3.19. The summed E-state index contributed by atoms with van der Waals surface area (Å²) in [4.78, 5) is 0. The molecule has 102 valence electrons. The van der Waals surface area contributed by atoms with Crippen molar-refractivity contribution in [2.75, 3.05) is 12.4 Å². The molecule has 0 aliphatic carbocycles. The Labute approximate surface area is 128 Å². The first kappa shape index (κ1) is 14.5. The molecule has 0 amide bonds. The Kier molecular flexibility index (Phi) is 5.09. The first-order valence-electron chi connectivity index (χ1n) is 6.04. The summed E-state index contributed by atoms with van der Waals surface area (Å²) in [6, 6.07) is 17.2. The molecule has 0 atom stereocenters. The Morgan fingerprint density at radius 2 is 1.80 bits per heavy atom. The molecular weight excluding hydrogens is 290 g/mol. The molecule has 2 aromatic rings. The summed E-state index contributed by atoms with van der Waals surface area (Å²) >= 11 is 11.1. The van der Waals surface area contributed by atoms with Crippen molar-refractivity contribution in [1.29, 1.82) is 0 Å². The van der Waals surface area contributed by atoms with Gasteiger partial charge in [0.25, 0.3) is 0 Å². The lowest BCUT2D eigenvalue weighted by Crippen LogP contribution is -2.26. The van der Waals surface area contributed by atoms with Crippen LogP contribution in [0, 0.1) is 0 Å². The molecule has 0 saturated carbocycles. The molecular formula is C15H14ClN3S. The molecule has 0 unspecified atom stereocenters. The van der Waals surface area contributed by atoms with Gasteiger partial charge in [-0.25, -0.2) is 5.01 Å². The average Bonchev–Trinajstić information content (AvgIpc) is 2.47. The van der Waals surface area contributed by atoms with E-state index in [4.69, 9.17) is 23.8 Å². The first-order valence-corrected chi connectivity index (χ1v) is 6.83. The van der Waals surface area contributed by atoms with Gasteiger partial charge < -0.3 is 5.32 Å². The number of hydrogen-bond acceptors (Lipinski definition) is 2. The van der Waals surface area contributed by atoms with Crippen LogP contribution in [0.15, 0.2) is 59.7 Å². The Balaban J connectivity index is 1.95. The van der Waals surface area contributed by atoms with Crippen LogP contribution in [0.3, 0.4) is 0 Å². The zero-order valence-corrected chi connectivity index (χ0v) is 12.5. The molecule has 0 aliphatic rings. The second kappa shape index (κ2) is 7.03. The summed E-state index contributed by atoms with van der Waals surface area (Å²) in [6.07, 6.45) is 1.73. The number of hydrazone groups is 1. The maximum Gasteiger partial charge on any atom is 0.193 e. The molecule has 0 radical (unpaired) electrons. The lowest BCUT2D eigenvalue weighted by molar-refractivity contribution is 0.557. The van der Waals surface area contributed by atoms with Crippen LogP contribution < -0.4 is 5.32 Å². The number of benzene rings is 2. The maximum atomic E-state index is 5.83. The van der Waals surface area contributed by atoms with Crippen molar-refractivity contribution in [3.8, 4) is 0 Å². The quantitative estimate of drug-likeness (QED) is 0.527. The Morgan fingerprint density at radius 1 is 1.15 bits per heavy atom. The molecule has 2 rings (SSSR count). The minimum atomic E-state index is 0.529. The van der Waals surface area contributed by atoms with Crippen molar-refractivity contribution in [3.63, 3.8) is 0 Å². The minimum Gasteiger partial charge on any atom is -0.331 e. The van der Waals surface area contributed by atoms with E-state index in [-0.39, 0.29) is 0 Å². The van der Waals surface area contributed by atoms with Crippen LogP contribution in [-0.4, -0.2) is 23.4 Å². The molecule has 0 bridgehead atoms. The Hall–Kier alpha value is -1.91. The molecule has 20 heavy (non-hydrogen) atoms. The fourth-order valence-electron chi connectivity index (χ4n) is 1.48. The van der Waals surface area contributed by atoms with Gasteiger partial charge in [-0.3, -0.25) is 0 Å². The predicted octanol–water partition coefficient (Wildman–Crippen LogP) is 4.00. The van der Waals surface area contributed by atoms with Gasteiger partial charge >= 0.3 is 0 Å². The van der Waals surface area contributed by atoms with E-state index in [0.717, 1.165) is 11.3 Å². The largest absolute Gasteiger partial charge is 0.331 e. The number of nitrogens with one attached hydrogen (secondary N) is 1. The number of thiocarbonyl (C=S) groups is 1. The van der Waals surface area contributed by atoms with Crippen LogP contribution in [0.25, 0.3) is 0 Å². The molecule has 1 N–H and O–H groups in total. The van der Waals surface area contributed by atoms with Crippen molar-refractivity contribution in [1.82, 2.24) is 5.01 Å². The molecule has 0 spiro atoms. The number of anilines is 1. The zero-order chi connectivity index (χ0) is 14.4. The standard InChI is InChI=1S/C15H14ClN3S/c1-19(15(20)18-14-5-3-2-4-6-14)17-11-12-7-9-13(16)10-8-12/h2-11H,1H3,(H,18,20). The van der Waals surface area contributed by atoms with Crippen LogP contribution in [0.5, 0.6) is 0 Å². The Bertz CT molecular complexity index is 596. The second-order valence-electron chi connectivity index (χ2n) is 4.12. The summed E-state index contributed by atoms with van der Waals surface area (Å²) in [6.45, 7) is 0. The van der Waals surface area contributed by atoms with Crippen LogP contribution in [-0.2, 0) is 0 Å². The van der Waals surface area contributed by atoms with Crippen LogP contribution >= 0.6 is 23.8 Å². The second-order valence-corrected chi connectivity index (χ2v) is 4.94. The molecule has 0 heterocycles. The van der Waals surface area contributed by atoms with E-state index >= 15 is 0 Å². The third-order valence-electron chi connectivity index (χ3n) is 2.57. The normalized spacial score (nSPS) is 10.5. The number of hydrogen-bond donors (Lipinski definition) is 1. The highest BCUT2D eigenvalue weighted by atomic mass is 35.5. The fraction of sp³-hybridized carbons (Fsp3) is 0.0667. The number of para-hydroxylation sites is 1. The smallest absolute Gasteiger partial charge is 0.193 e. The summed E-state index contributed by atoms with van der Waals surface area (Å²) in [7, 11) is 1.80. The molecule has 2 aromatic carbocycles. The fourth-order valence-corrected chi connectivity index (χ4v) is 1.77. The molecule has 0 aromatic heterocycles. The van der Waals surface area contributed by atoms with Gasteiger partial charge in [-0.15, -0.1) is 0 Å². The molecule has 0 saturated heterocycles. The van der Waals surface area contributed by atoms with Crippen molar-refractivity contribution >= 4 is 40.8 Å². The van der Waals surface area contributed by atoms with Gasteiger partial charge in [-0.2, -0.15) is 5.10 Å². The van der Waals surface area contributed by atoms with Crippen LogP contribution in [0.1, 0.15) is 5.56 Å².